The van der Waals surface area contributed by atoms with Crippen LogP contribution in [0.15, 0.2) is 12.4 Å². The van der Waals surface area contributed by atoms with Gasteiger partial charge in [0.2, 0.25) is 5.91 Å². The van der Waals surface area contributed by atoms with Gasteiger partial charge in [-0.25, -0.2) is 9.97 Å². The Kier molecular flexibility index (Phi) is 5.50. The first-order chi connectivity index (χ1) is 10.1. The van der Waals surface area contributed by atoms with E-state index in [4.69, 9.17) is 4.74 Å². The first-order valence-corrected chi connectivity index (χ1v) is 7.47. The number of carbonyl (C=O) groups is 1. The lowest BCUT2D eigenvalue weighted by Crippen LogP contribution is -2.48. The zero-order chi connectivity index (χ0) is 15.2. The number of nitrogens with zero attached hydrogens (tertiary/aromatic N) is 3. The molecule has 1 aromatic rings. The third-order valence-corrected chi connectivity index (χ3v) is 3.69. The smallest absolute Gasteiger partial charge is 0.316 e. The minimum atomic E-state index is 0.0683. The molecule has 6 heteroatoms. The summed E-state index contributed by atoms with van der Waals surface area (Å²) in [4.78, 5) is 22.2. The highest BCUT2D eigenvalue weighted by molar-refractivity contribution is 5.78. The number of ether oxygens (including phenoxy) is 1. The number of aromatic nitrogens is 2. The van der Waals surface area contributed by atoms with Crippen molar-refractivity contribution >= 4 is 5.91 Å². The fraction of sp³-hybridized carbons (Fsp3) is 0.667. The molecule has 0 spiro atoms. The van der Waals surface area contributed by atoms with Gasteiger partial charge in [-0.1, -0.05) is 13.8 Å². The third kappa shape index (κ3) is 4.39. The topological polar surface area (TPSA) is 67.3 Å². The van der Waals surface area contributed by atoms with E-state index in [1.807, 2.05) is 18.7 Å². The van der Waals surface area contributed by atoms with Crippen LogP contribution in [0.25, 0.3) is 0 Å². The maximum atomic E-state index is 12.1. The van der Waals surface area contributed by atoms with E-state index in [0.717, 1.165) is 31.5 Å². The number of carbonyl (C=O) groups excluding carboxylic acids is 1. The average Bonchev–Trinajstić information content (AvgIpc) is 2.53. The average molecular weight is 292 g/mol. The highest BCUT2D eigenvalue weighted by atomic mass is 16.5. The molecule has 21 heavy (non-hydrogen) atoms. The molecule has 0 aliphatic carbocycles. The summed E-state index contributed by atoms with van der Waals surface area (Å²) in [5.41, 5.74) is 1.02. The molecule has 0 radical (unpaired) electrons. The standard InChI is InChI=1S/C15H24N4O2/c1-11(2)14(20)19-6-4-5-13(10-19)16-7-12-8-17-15(21-3)18-9-12/h8-9,11,13,16H,4-7,10H2,1-3H3. The van der Waals surface area contributed by atoms with E-state index in [2.05, 4.69) is 15.3 Å². The summed E-state index contributed by atoms with van der Waals surface area (Å²) in [7, 11) is 1.55. The van der Waals surface area contributed by atoms with Crippen LogP contribution in [-0.4, -0.2) is 47.0 Å². The molecule has 2 rings (SSSR count). The van der Waals surface area contributed by atoms with Crippen molar-refractivity contribution in [3.05, 3.63) is 18.0 Å². The number of piperidine rings is 1. The van der Waals surface area contributed by atoms with Crippen LogP contribution in [0.1, 0.15) is 32.3 Å². The van der Waals surface area contributed by atoms with E-state index < -0.39 is 0 Å². The van der Waals surface area contributed by atoms with E-state index in [0.29, 0.717) is 18.6 Å². The summed E-state index contributed by atoms with van der Waals surface area (Å²) < 4.78 is 4.94. The molecule has 0 saturated carbocycles. The van der Waals surface area contributed by atoms with Crippen LogP contribution in [-0.2, 0) is 11.3 Å². The molecule has 1 aliphatic heterocycles. The first kappa shape index (κ1) is 15.7. The van der Waals surface area contributed by atoms with Crippen molar-refractivity contribution in [2.24, 2.45) is 5.92 Å². The Morgan fingerprint density at radius 1 is 1.48 bits per heavy atom. The maximum absolute atomic E-state index is 12.1. The molecule has 116 valence electrons. The predicted molar refractivity (Wildman–Crippen MR) is 79.9 cm³/mol. The molecule has 0 bridgehead atoms. The summed E-state index contributed by atoms with van der Waals surface area (Å²) in [6, 6.07) is 0.716. The third-order valence-electron chi connectivity index (χ3n) is 3.69. The fourth-order valence-corrected chi connectivity index (χ4v) is 2.51. The molecule has 1 unspecified atom stereocenters. The van der Waals surface area contributed by atoms with Gasteiger partial charge >= 0.3 is 6.01 Å². The van der Waals surface area contributed by atoms with Gasteiger partial charge in [-0.3, -0.25) is 4.79 Å². The zero-order valence-electron chi connectivity index (χ0n) is 13.0. The normalized spacial score (nSPS) is 18.9. The number of methoxy groups -OCH3 is 1. The van der Waals surface area contributed by atoms with Gasteiger partial charge in [0.1, 0.15) is 0 Å². The highest BCUT2D eigenvalue weighted by Crippen LogP contribution is 2.13. The number of hydrogen-bond donors (Lipinski definition) is 1. The molecule has 1 aromatic heterocycles. The molecular formula is C15H24N4O2. The molecule has 1 fully saturated rings. The SMILES string of the molecule is COc1ncc(CNC2CCCN(C(=O)C(C)C)C2)cn1. The molecule has 0 aromatic carbocycles. The van der Waals surface area contributed by atoms with Gasteiger partial charge in [-0.2, -0.15) is 0 Å². The Labute approximate surface area is 125 Å². The number of hydrogen-bond acceptors (Lipinski definition) is 5. The minimum absolute atomic E-state index is 0.0683. The zero-order valence-corrected chi connectivity index (χ0v) is 13.0. The predicted octanol–water partition coefficient (Wildman–Crippen LogP) is 1.22. The van der Waals surface area contributed by atoms with Crippen molar-refractivity contribution in [2.45, 2.75) is 39.3 Å². The van der Waals surface area contributed by atoms with Crippen LogP contribution in [0.3, 0.4) is 0 Å². The molecule has 1 atom stereocenters. The van der Waals surface area contributed by atoms with Gasteiger partial charge in [0.05, 0.1) is 7.11 Å². The molecule has 1 N–H and O–H groups in total. The Balaban J connectivity index is 1.83. The van der Waals surface area contributed by atoms with E-state index >= 15 is 0 Å². The Hall–Kier alpha value is -1.69. The number of rotatable bonds is 5. The Morgan fingerprint density at radius 3 is 2.81 bits per heavy atom. The second-order valence-electron chi connectivity index (χ2n) is 5.74. The van der Waals surface area contributed by atoms with Gasteiger partial charge < -0.3 is 15.0 Å². The maximum Gasteiger partial charge on any atom is 0.316 e. The van der Waals surface area contributed by atoms with Gasteiger partial charge in [0, 0.05) is 49.6 Å². The van der Waals surface area contributed by atoms with Crippen molar-refractivity contribution in [3.8, 4) is 6.01 Å². The van der Waals surface area contributed by atoms with E-state index in [1.54, 1.807) is 19.5 Å². The molecular weight excluding hydrogens is 268 g/mol. The second kappa shape index (κ2) is 7.36. The largest absolute Gasteiger partial charge is 0.467 e. The fourth-order valence-electron chi connectivity index (χ4n) is 2.51. The number of likely N-dealkylation sites (tertiary alicyclic amines) is 1. The Bertz CT molecular complexity index is 461. The lowest BCUT2D eigenvalue weighted by molar-refractivity contribution is -0.135. The van der Waals surface area contributed by atoms with Crippen molar-refractivity contribution < 1.29 is 9.53 Å². The monoisotopic (exact) mass is 292 g/mol. The lowest BCUT2D eigenvalue weighted by Gasteiger charge is -2.34. The van der Waals surface area contributed by atoms with E-state index in [9.17, 15) is 4.79 Å². The number of amides is 1. The molecule has 1 aliphatic rings. The van der Waals surface area contributed by atoms with E-state index in [-0.39, 0.29) is 11.8 Å². The summed E-state index contributed by atoms with van der Waals surface area (Å²) in [6.07, 6.45) is 5.67. The van der Waals surface area contributed by atoms with Crippen molar-refractivity contribution in [2.75, 3.05) is 20.2 Å². The second-order valence-corrected chi connectivity index (χ2v) is 5.74. The summed E-state index contributed by atoms with van der Waals surface area (Å²) in [5.74, 6) is 0.313. The van der Waals surface area contributed by atoms with Crippen molar-refractivity contribution in [3.63, 3.8) is 0 Å². The van der Waals surface area contributed by atoms with Crippen LogP contribution in [0.2, 0.25) is 0 Å². The first-order valence-electron chi connectivity index (χ1n) is 7.47. The van der Waals surface area contributed by atoms with Gasteiger partial charge in [0.15, 0.2) is 0 Å². The summed E-state index contributed by atoms with van der Waals surface area (Å²) in [6.45, 7) is 6.27. The minimum Gasteiger partial charge on any atom is -0.467 e. The van der Waals surface area contributed by atoms with Crippen LogP contribution in [0.4, 0.5) is 0 Å². The van der Waals surface area contributed by atoms with Gasteiger partial charge in [-0.15, -0.1) is 0 Å². The quantitative estimate of drug-likeness (QED) is 0.884. The Morgan fingerprint density at radius 2 is 2.19 bits per heavy atom. The summed E-state index contributed by atoms with van der Waals surface area (Å²) in [5, 5.41) is 3.48. The lowest BCUT2D eigenvalue weighted by atomic mass is 10.0. The molecule has 1 amide bonds. The highest BCUT2D eigenvalue weighted by Gasteiger charge is 2.24. The summed E-state index contributed by atoms with van der Waals surface area (Å²) >= 11 is 0. The van der Waals surface area contributed by atoms with Crippen LogP contribution < -0.4 is 10.1 Å². The molecule has 6 nitrogen and oxygen atoms in total. The van der Waals surface area contributed by atoms with E-state index in [1.165, 1.54) is 0 Å². The van der Waals surface area contributed by atoms with Crippen molar-refractivity contribution in [1.82, 2.24) is 20.2 Å². The van der Waals surface area contributed by atoms with Crippen LogP contribution in [0.5, 0.6) is 6.01 Å². The number of nitrogens with one attached hydrogen (secondary N) is 1. The van der Waals surface area contributed by atoms with Gasteiger partial charge in [0.25, 0.3) is 0 Å². The van der Waals surface area contributed by atoms with Crippen LogP contribution >= 0.6 is 0 Å². The molecule has 2 heterocycles. The van der Waals surface area contributed by atoms with Crippen molar-refractivity contribution in [1.29, 1.82) is 0 Å². The molecule has 1 saturated heterocycles. The van der Waals surface area contributed by atoms with Crippen LogP contribution in [0, 0.1) is 5.92 Å². The van der Waals surface area contributed by atoms with Gasteiger partial charge in [-0.05, 0) is 12.8 Å².